The molecule has 0 unspecified atom stereocenters. The maximum atomic E-state index is 12.0. The highest BCUT2D eigenvalue weighted by Crippen LogP contribution is 2.24. The number of ether oxygens (including phenoxy) is 1. The van der Waals surface area contributed by atoms with Crippen molar-refractivity contribution in [1.82, 2.24) is 5.27 Å². The van der Waals surface area contributed by atoms with Crippen molar-refractivity contribution < 1.29 is 23.8 Å². The molecule has 0 bridgehead atoms. The van der Waals surface area contributed by atoms with Gasteiger partial charge in [0.05, 0.1) is 12.4 Å². The summed E-state index contributed by atoms with van der Waals surface area (Å²) in [5.74, 6) is 0.468. The molecule has 8 heteroatoms. The number of thioether (sulfide) groups is 1. The van der Waals surface area contributed by atoms with Crippen LogP contribution < -0.4 is 19.8 Å². The smallest absolute Gasteiger partial charge is 0.297 e. The Labute approximate surface area is 154 Å². The van der Waals surface area contributed by atoms with Gasteiger partial charge in [-0.2, -0.15) is 0 Å². The third-order valence-corrected chi connectivity index (χ3v) is 4.54. The van der Waals surface area contributed by atoms with Crippen LogP contribution in [0, 0.1) is 0 Å². The summed E-state index contributed by atoms with van der Waals surface area (Å²) in [5.41, 5.74) is 1.41. The number of rotatable bonds is 7. The summed E-state index contributed by atoms with van der Waals surface area (Å²) in [5, 5.41) is 18.8. The van der Waals surface area contributed by atoms with Crippen LogP contribution in [0.5, 0.6) is 11.7 Å². The van der Waals surface area contributed by atoms with Crippen molar-refractivity contribution in [2.75, 3.05) is 18.2 Å². The number of anilines is 1. The van der Waals surface area contributed by atoms with Gasteiger partial charge < -0.3 is 19.7 Å². The minimum Gasteiger partial charge on any atom is -0.538 e. The largest absolute Gasteiger partial charge is 0.538 e. The van der Waals surface area contributed by atoms with E-state index in [4.69, 9.17) is 9.26 Å². The summed E-state index contributed by atoms with van der Waals surface area (Å²) < 4.78 is 11.3. The van der Waals surface area contributed by atoms with E-state index in [1.807, 2.05) is 30.3 Å². The van der Waals surface area contributed by atoms with Crippen LogP contribution >= 0.6 is 11.8 Å². The van der Waals surface area contributed by atoms with Crippen molar-refractivity contribution >= 4 is 23.4 Å². The zero-order valence-electron chi connectivity index (χ0n) is 14.0. The molecular formula is C18H17N3O4S. The lowest BCUT2D eigenvalue weighted by atomic mass is 10.3. The normalized spacial score (nSPS) is 10.5. The molecule has 0 saturated carbocycles. The van der Waals surface area contributed by atoms with Crippen LogP contribution in [-0.2, 0) is 4.79 Å². The number of amides is 1. The molecule has 0 aliphatic rings. The molecule has 1 aromatic heterocycles. The molecule has 0 saturated heterocycles. The van der Waals surface area contributed by atoms with Gasteiger partial charge in [0.1, 0.15) is 5.75 Å². The number of aromatic nitrogens is 2. The summed E-state index contributed by atoms with van der Waals surface area (Å²) in [7, 11) is 1.58. The summed E-state index contributed by atoms with van der Waals surface area (Å²) in [4.78, 5) is 12.0. The molecule has 0 fully saturated rings. The number of nitrogens with one attached hydrogen (secondary N) is 1. The van der Waals surface area contributed by atoms with Crippen LogP contribution in [0.2, 0.25) is 0 Å². The molecule has 0 atom stereocenters. The average molecular weight is 371 g/mol. The van der Waals surface area contributed by atoms with E-state index in [0.29, 0.717) is 22.2 Å². The number of hydrogen-bond donors (Lipinski definition) is 1. The SMILES string of the molecule is COc1ccc(-[n+]2noc([O-])c2SCCC(=O)Nc2ccccc2)cc1. The van der Waals surface area contributed by atoms with Gasteiger partial charge in [-0.1, -0.05) is 30.0 Å². The second-order valence-electron chi connectivity index (χ2n) is 5.29. The van der Waals surface area contributed by atoms with E-state index in [9.17, 15) is 9.90 Å². The minimum absolute atomic E-state index is 0.122. The van der Waals surface area contributed by atoms with Crippen LogP contribution in [0.3, 0.4) is 0 Å². The Balaban J connectivity index is 1.61. The Bertz CT molecular complexity index is 866. The second-order valence-corrected chi connectivity index (χ2v) is 6.37. The van der Waals surface area contributed by atoms with E-state index in [1.165, 1.54) is 16.4 Å². The number of hydrogen-bond acceptors (Lipinski definition) is 6. The van der Waals surface area contributed by atoms with Crippen molar-refractivity contribution in [1.29, 1.82) is 0 Å². The van der Waals surface area contributed by atoms with Crippen molar-refractivity contribution in [2.24, 2.45) is 0 Å². The van der Waals surface area contributed by atoms with E-state index in [0.717, 1.165) is 5.69 Å². The third-order valence-electron chi connectivity index (χ3n) is 3.51. The predicted molar refractivity (Wildman–Crippen MR) is 94.4 cm³/mol. The first-order valence-electron chi connectivity index (χ1n) is 7.88. The fourth-order valence-corrected chi connectivity index (χ4v) is 3.13. The average Bonchev–Trinajstić information content (AvgIpc) is 3.03. The number of nitrogens with zero attached hydrogens (tertiary/aromatic N) is 2. The van der Waals surface area contributed by atoms with E-state index < -0.39 is 5.95 Å². The van der Waals surface area contributed by atoms with Crippen LogP contribution in [0.4, 0.5) is 5.69 Å². The number of para-hydroxylation sites is 1. The van der Waals surface area contributed by atoms with Crippen molar-refractivity contribution in [3.8, 4) is 17.4 Å². The third kappa shape index (κ3) is 4.34. The van der Waals surface area contributed by atoms with Gasteiger partial charge in [-0.15, -0.1) is 0 Å². The highest BCUT2D eigenvalue weighted by Gasteiger charge is 2.21. The van der Waals surface area contributed by atoms with E-state index in [1.54, 1.807) is 31.4 Å². The molecule has 0 radical (unpaired) electrons. The maximum Gasteiger partial charge on any atom is 0.297 e. The Kier molecular flexibility index (Phi) is 5.75. The predicted octanol–water partition coefficient (Wildman–Crippen LogP) is 2.15. The molecule has 3 rings (SSSR count). The number of carbonyl (C=O) groups is 1. The number of benzene rings is 2. The Hall–Kier alpha value is -3.00. The molecule has 26 heavy (non-hydrogen) atoms. The molecule has 134 valence electrons. The van der Waals surface area contributed by atoms with Gasteiger partial charge in [-0.3, -0.25) is 4.79 Å². The molecule has 1 amide bonds. The number of methoxy groups -OCH3 is 1. The van der Waals surface area contributed by atoms with E-state index >= 15 is 0 Å². The molecule has 1 heterocycles. The Morgan fingerprint density at radius 1 is 1.23 bits per heavy atom. The molecule has 3 aromatic rings. The molecule has 0 aliphatic carbocycles. The Morgan fingerprint density at radius 3 is 2.65 bits per heavy atom. The first kappa shape index (κ1) is 17.8. The highest BCUT2D eigenvalue weighted by molar-refractivity contribution is 7.99. The zero-order chi connectivity index (χ0) is 18.4. The standard InChI is InChI=1S/C18H17N3O4S/c1-24-15-9-7-14(8-10-15)21-17(18(23)25-20-21)26-12-11-16(22)19-13-5-3-2-4-6-13/h2-10H,11-12H2,1H3,(H-,19,20,22,23). The first-order chi connectivity index (χ1) is 12.7. The fraction of sp³-hybridized carbons (Fsp3) is 0.167. The quantitative estimate of drug-likeness (QED) is 0.505. The van der Waals surface area contributed by atoms with Gasteiger partial charge in [0, 0.05) is 30.0 Å². The van der Waals surface area contributed by atoms with Gasteiger partial charge in [0.15, 0.2) is 5.95 Å². The lowest BCUT2D eigenvalue weighted by molar-refractivity contribution is -0.705. The van der Waals surface area contributed by atoms with Gasteiger partial charge in [0.25, 0.3) is 5.03 Å². The summed E-state index contributed by atoms with van der Waals surface area (Å²) in [6, 6.07) is 16.3. The fourth-order valence-electron chi connectivity index (χ4n) is 2.23. The molecule has 0 spiro atoms. The molecule has 1 N–H and O–H groups in total. The lowest BCUT2D eigenvalue weighted by Crippen LogP contribution is -2.34. The summed E-state index contributed by atoms with van der Waals surface area (Å²) in [6.07, 6.45) is 0.257. The highest BCUT2D eigenvalue weighted by atomic mass is 32.2. The molecule has 2 aromatic carbocycles. The van der Waals surface area contributed by atoms with Gasteiger partial charge in [-0.05, 0) is 28.9 Å². The molecule has 7 nitrogen and oxygen atoms in total. The van der Waals surface area contributed by atoms with Crippen LogP contribution in [0.1, 0.15) is 6.42 Å². The maximum absolute atomic E-state index is 12.0. The lowest BCUT2D eigenvalue weighted by Gasteiger charge is -2.04. The van der Waals surface area contributed by atoms with Crippen LogP contribution in [0.25, 0.3) is 5.69 Å². The Morgan fingerprint density at radius 2 is 1.96 bits per heavy atom. The van der Waals surface area contributed by atoms with Gasteiger partial charge >= 0.3 is 0 Å². The number of carbonyl (C=O) groups excluding carboxylic acids is 1. The van der Waals surface area contributed by atoms with Crippen molar-refractivity contribution in [2.45, 2.75) is 11.4 Å². The van der Waals surface area contributed by atoms with Gasteiger partial charge in [0.2, 0.25) is 11.6 Å². The van der Waals surface area contributed by atoms with E-state index in [2.05, 4.69) is 10.6 Å². The monoisotopic (exact) mass is 371 g/mol. The van der Waals surface area contributed by atoms with E-state index in [-0.39, 0.29) is 12.3 Å². The summed E-state index contributed by atoms with van der Waals surface area (Å²) >= 11 is 1.23. The second kappa shape index (κ2) is 8.39. The van der Waals surface area contributed by atoms with Crippen LogP contribution in [-0.4, -0.2) is 24.0 Å². The molecule has 0 aliphatic heterocycles. The first-order valence-corrected chi connectivity index (χ1v) is 8.87. The topological polar surface area (TPSA) is 91.3 Å². The molecular weight excluding hydrogens is 354 g/mol. The van der Waals surface area contributed by atoms with Crippen molar-refractivity contribution in [3.63, 3.8) is 0 Å². The van der Waals surface area contributed by atoms with Crippen LogP contribution in [0.15, 0.2) is 64.1 Å². The zero-order valence-corrected chi connectivity index (χ0v) is 14.9. The van der Waals surface area contributed by atoms with Crippen molar-refractivity contribution in [3.05, 3.63) is 54.6 Å². The van der Waals surface area contributed by atoms with Gasteiger partial charge in [-0.25, -0.2) is 0 Å². The minimum atomic E-state index is -0.533. The summed E-state index contributed by atoms with van der Waals surface area (Å²) in [6.45, 7) is 0.